The van der Waals surface area contributed by atoms with Crippen LogP contribution in [0.25, 0.3) is 28.0 Å². The zero-order valence-electron chi connectivity index (χ0n) is 20.4. The van der Waals surface area contributed by atoms with Gasteiger partial charge in [-0.15, -0.1) is 0 Å². The third-order valence-electron chi connectivity index (χ3n) is 5.56. The van der Waals surface area contributed by atoms with Gasteiger partial charge in [-0.1, -0.05) is 18.2 Å². The molecular weight excluding hydrogens is 444 g/mol. The highest BCUT2D eigenvalue weighted by Crippen LogP contribution is 2.34. The van der Waals surface area contributed by atoms with Crippen LogP contribution in [0.1, 0.15) is 5.56 Å². The SMILES string of the molecule is COc1cc(-c2nn(-c3ccc(N(C)C(=O)C=CCN(C)C)nc3)c3ncnc(N)c23)ccc1C. The van der Waals surface area contributed by atoms with Gasteiger partial charge in [0.1, 0.15) is 29.4 Å². The van der Waals surface area contributed by atoms with E-state index >= 15 is 0 Å². The molecule has 1 aromatic carbocycles. The molecule has 10 nitrogen and oxygen atoms in total. The van der Waals surface area contributed by atoms with Crippen LogP contribution in [-0.2, 0) is 4.79 Å². The van der Waals surface area contributed by atoms with Crippen molar-refractivity contribution >= 4 is 28.6 Å². The number of pyridine rings is 1. The van der Waals surface area contributed by atoms with Crippen molar-refractivity contribution in [2.45, 2.75) is 6.92 Å². The van der Waals surface area contributed by atoms with Gasteiger partial charge >= 0.3 is 0 Å². The molecule has 1 amide bonds. The maximum Gasteiger partial charge on any atom is 0.251 e. The second-order valence-electron chi connectivity index (χ2n) is 8.34. The predicted octanol–water partition coefficient (Wildman–Crippen LogP) is 2.86. The Morgan fingerprint density at radius 3 is 2.63 bits per heavy atom. The Hall–Kier alpha value is -4.31. The number of amides is 1. The molecule has 0 unspecified atom stereocenters. The number of methoxy groups -OCH3 is 1. The number of nitrogens with two attached hydrogens (primary N) is 1. The molecule has 0 bridgehead atoms. The summed E-state index contributed by atoms with van der Waals surface area (Å²) in [6, 6.07) is 9.44. The first kappa shape index (κ1) is 23.8. The zero-order valence-corrected chi connectivity index (χ0v) is 20.4. The van der Waals surface area contributed by atoms with Crippen molar-refractivity contribution in [3.05, 3.63) is 60.6 Å². The van der Waals surface area contributed by atoms with Crippen LogP contribution < -0.4 is 15.4 Å². The number of fused-ring (bicyclic) bond motifs is 1. The molecule has 0 fully saturated rings. The number of benzene rings is 1. The number of aromatic nitrogens is 5. The van der Waals surface area contributed by atoms with Crippen LogP contribution in [0.2, 0.25) is 0 Å². The first-order chi connectivity index (χ1) is 16.8. The monoisotopic (exact) mass is 472 g/mol. The third kappa shape index (κ3) is 4.82. The number of rotatable bonds is 7. The van der Waals surface area contributed by atoms with E-state index in [1.54, 1.807) is 37.2 Å². The number of nitrogens with zero attached hydrogens (tertiary/aromatic N) is 7. The van der Waals surface area contributed by atoms with Gasteiger partial charge < -0.3 is 15.4 Å². The van der Waals surface area contributed by atoms with Gasteiger partial charge in [0.05, 0.1) is 24.4 Å². The number of nitrogen functional groups attached to an aromatic ring is 1. The van der Waals surface area contributed by atoms with Crippen LogP contribution in [0.4, 0.5) is 11.6 Å². The number of hydrogen-bond acceptors (Lipinski definition) is 8. The molecule has 0 aliphatic carbocycles. The van der Waals surface area contributed by atoms with Crippen LogP contribution in [0.3, 0.4) is 0 Å². The average Bonchev–Trinajstić information content (AvgIpc) is 3.24. The summed E-state index contributed by atoms with van der Waals surface area (Å²) in [6.45, 7) is 2.66. The Bertz CT molecular complexity index is 1390. The van der Waals surface area contributed by atoms with Crippen molar-refractivity contribution in [1.82, 2.24) is 29.6 Å². The van der Waals surface area contributed by atoms with E-state index in [2.05, 4.69) is 15.0 Å². The Balaban J connectivity index is 1.71. The van der Waals surface area contributed by atoms with E-state index in [1.807, 2.05) is 56.3 Å². The molecule has 0 saturated heterocycles. The van der Waals surface area contributed by atoms with Gasteiger partial charge in [-0.05, 0) is 44.8 Å². The van der Waals surface area contributed by atoms with Crippen molar-refractivity contribution in [1.29, 1.82) is 0 Å². The van der Waals surface area contributed by atoms with Gasteiger partial charge in [0, 0.05) is 25.2 Å². The number of carbonyl (C=O) groups is 1. The highest BCUT2D eigenvalue weighted by molar-refractivity contribution is 6.00. The third-order valence-corrected chi connectivity index (χ3v) is 5.56. The maximum absolute atomic E-state index is 12.5. The first-order valence-corrected chi connectivity index (χ1v) is 11.0. The Labute approximate surface area is 203 Å². The molecule has 0 saturated carbocycles. The van der Waals surface area contributed by atoms with Crippen LogP contribution in [0.15, 0.2) is 55.0 Å². The minimum absolute atomic E-state index is 0.159. The van der Waals surface area contributed by atoms with Crippen LogP contribution >= 0.6 is 0 Å². The Kier molecular flexibility index (Phi) is 6.74. The molecule has 4 rings (SSSR count). The Morgan fingerprint density at radius 2 is 1.94 bits per heavy atom. The van der Waals surface area contributed by atoms with Gasteiger partial charge in [0.2, 0.25) is 0 Å². The summed E-state index contributed by atoms with van der Waals surface area (Å²) in [6.07, 6.45) is 6.41. The minimum atomic E-state index is -0.159. The van der Waals surface area contributed by atoms with E-state index in [0.29, 0.717) is 40.6 Å². The van der Waals surface area contributed by atoms with Crippen molar-refractivity contribution in [2.24, 2.45) is 0 Å². The summed E-state index contributed by atoms with van der Waals surface area (Å²) < 4.78 is 7.16. The fourth-order valence-corrected chi connectivity index (χ4v) is 3.61. The van der Waals surface area contributed by atoms with E-state index in [9.17, 15) is 4.79 Å². The summed E-state index contributed by atoms with van der Waals surface area (Å²) in [5.41, 5.74) is 9.94. The largest absolute Gasteiger partial charge is 0.496 e. The zero-order chi connectivity index (χ0) is 25.1. The van der Waals surface area contributed by atoms with Crippen molar-refractivity contribution in [3.8, 4) is 22.7 Å². The summed E-state index contributed by atoms with van der Waals surface area (Å²) in [7, 11) is 7.20. The number of likely N-dealkylation sites (N-methyl/N-ethyl adjacent to an activating group) is 2. The summed E-state index contributed by atoms with van der Waals surface area (Å²) in [5.74, 6) is 1.43. The number of anilines is 2. The lowest BCUT2D eigenvalue weighted by Gasteiger charge is -2.14. The van der Waals surface area contributed by atoms with Crippen molar-refractivity contribution in [3.63, 3.8) is 0 Å². The molecule has 4 aromatic rings. The first-order valence-electron chi connectivity index (χ1n) is 11.0. The van der Waals surface area contributed by atoms with Gasteiger partial charge in [-0.2, -0.15) is 5.10 Å². The second-order valence-corrected chi connectivity index (χ2v) is 8.34. The van der Waals surface area contributed by atoms with Crippen LogP contribution in [0.5, 0.6) is 5.75 Å². The highest BCUT2D eigenvalue weighted by Gasteiger charge is 2.19. The summed E-state index contributed by atoms with van der Waals surface area (Å²) >= 11 is 0. The quantitative estimate of drug-likeness (QED) is 0.408. The van der Waals surface area contributed by atoms with Crippen molar-refractivity contribution < 1.29 is 9.53 Å². The molecule has 35 heavy (non-hydrogen) atoms. The number of ether oxygens (including phenoxy) is 1. The van der Waals surface area contributed by atoms with Crippen molar-refractivity contribution in [2.75, 3.05) is 45.4 Å². The van der Waals surface area contributed by atoms with Gasteiger partial charge in [-0.3, -0.25) is 9.69 Å². The maximum atomic E-state index is 12.5. The molecule has 0 radical (unpaired) electrons. The van der Waals surface area contributed by atoms with E-state index in [4.69, 9.17) is 15.6 Å². The summed E-state index contributed by atoms with van der Waals surface area (Å²) in [4.78, 5) is 29.0. The highest BCUT2D eigenvalue weighted by atomic mass is 16.5. The molecule has 3 aromatic heterocycles. The Morgan fingerprint density at radius 1 is 1.14 bits per heavy atom. The van der Waals surface area contributed by atoms with Gasteiger partial charge in [0.15, 0.2) is 5.65 Å². The van der Waals surface area contributed by atoms with Crippen LogP contribution in [0, 0.1) is 6.92 Å². The topological polar surface area (TPSA) is 115 Å². The molecule has 180 valence electrons. The second kappa shape index (κ2) is 9.90. The van der Waals surface area contributed by atoms with E-state index in [0.717, 1.165) is 16.9 Å². The molecular formula is C25H28N8O2. The molecule has 3 heterocycles. The fourth-order valence-electron chi connectivity index (χ4n) is 3.61. The molecule has 2 N–H and O–H groups in total. The molecule has 0 aliphatic rings. The molecule has 0 atom stereocenters. The molecule has 0 aliphatic heterocycles. The lowest BCUT2D eigenvalue weighted by atomic mass is 10.1. The number of carbonyl (C=O) groups excluding carboxylic acids is 1. The lowest BCUT2D eigenvalue weighted by molar-refractivity contribution is -0.113. The molecule has 0 spiro atoms. The smallest absolute Gasteiger partial charge is 0.251 e. The van der Waals surface area contributed by atoms with Gasteiger partial charge in [-0.25, -0.2) is 19.6 Å². The van der Waals surface area contributed by atoms with E-state index < -0.39 is 0 Å². The number of hydrogen-bond donors (Lipinski definition) is 1. The van der Waals surface area contributed by atoms with E-state index in [1.165, 1.54) is 11.2 Å². The minimum Gasteiger partial charge on any atom is -0.496 e. The van der Waals surface area contributed by atoms with Gasteiger partial charge in [0.25, 0.3) is 5.91 Å². The molecule has 10 heteroatoms. The van der Waals surface area contributed by atoms with E-state index in [-0.39, 0.29) is 5.91 Å². The summed E-state index contributed by atoms with van der Waals surface area (Å²) in [5, 5.41) is 5.44. The average molecular weight is 473 g/mol. The normalized spacial score (nSPS) is 11.5. The lowest BCUT2D eigenvalue weighted by Crippen LogP contribution is -2.25. The number of aryl methyl sites for hydroxylation is 1. The predicted molar refractivity (Wildman–Crippen MR) is 137 cm³/mol. The standard InChI is InChI=1S/C25H28N8O2/c1-16-8-9-17(13-19(16)35-5)23-22-24(26)28-15-29-25(22)33(30-23)18-10-11-20(27-14-18)32(4)21(34)7-6-12-31(2)3/h6-11,13-15H,12H2,1-5H3,(H2,26,28,29). The van der Waals surface area contributed by atoms with Crippen LogP contribution in [-0.4, -0.2) is 70.3 Å². The fraction of sp³-hybridized carbons (Fsp3) is 0.240.